The van der Waals surface area contributed by atoms with Gasteiger partial charge < -0.3 is 0 Å². The van der Waals surface area contributed by atoms with Gasteiger partial charge in [0.15, 0.2) is 0 Å². The maximum atomic E-state index is 5.67. The van der Waals surface area contributed by atoms with Crippen LogP contribution in [-0.2, 0) is 12.3 Å². The third kappa shape index (κ3) is 1.80. The maximum Gasteiger partial charge on any atom is 0.0931 e. The summed E-state index contributed by atoms with van der Waals surface area (Å²) in [6, 6.07) is 0. The highest BCUT2D eigenvalue weighted by molar-refractivity contribution is 7.09. The number of aromatic nitrogens is 1. The van der Waals surface area contributed by atoms with E-state index >= 15 is 0 Å². The lowest BCUT2D eigenvalue weighted by Crippen LogP contribution is -2.13. The van der Waals surface area contributed by atoms with E-state index in [9.17, 15) is 0 Å². The van der Waals surface area contributed by atoms with Crippen LogP contribution in [0.4, 0.5) is 0 Å². The summed E-state index contributed by atoms with van der Waals surface area (Å²) < 4.78 is 0. The average molecular weight is 202 g/mol. The highest BCUT2D eigenvalue weighted by Gasteiger charge is 2.18. The first kappa shape index (κ1) is 8.52. The Balaban J connectivity index is 1.93. The minimum atomic E-state index is 0.557. The Morgan fingerprint density at radius 2 is 2.42 bits per heavy atom. The van der Waals surface area contributed by atoms with Gasteiger partial charge in [0.25, 0.3) is 0 Å². The predicted molar refractivity (Wildman–Crippen MR) is 52.7 cm³/mol. The van der Waals surface area contributed by atoms with E-state index < -0.39 is 0 Å². The molecule has 1 aliphatic carbocycles. The second-order valence-electron chi connectivity index (χ2n) is 3.37. The molecule has 0 unspecified atom stereocenters. The number of thiazole rings is 1. The van der Waals surface area contributed by atoms with E-state index in [0.29, 0.717) is 5.88 Å². The number of halogens is 1. The molecule has 0 saturated heterocycles. The van der Waals surface area contributed by atoms with Gasteiger partial charge >= 0.3 is 0 Å². The average Bonchev–Trinajstić information content (AvgIpc) is 2.44. The molecule has 1 heterocycles. The van der Waals surface area contributed by atoms with Crippen LogP contribution in [0.2, 0.25) is 0 Å². The van der Waals surface area contributed by atoms with Crippen LogP contribution < -0.4 is 0 Å². The number of hydrogen-bond acceptors (Lipinski definition) is 2. The van der Waals surface area contributed by atoms with Crippen molar-refractivity contribution in [3.8, 4) is 0 Å². The normalized spacial score (nSPS) is 17.8. The lowest BCUT2D eigenvalue weighted by molar-refractivity contribution is 0.314. The van der Waals surface area contributed by atoms with Crippen molar-refractivity contribution in [2.45, 2.75) is 31.6 Å². The monoisotopic (exact) mass is 201 g/mol. The fraction of sp³-hybridized carbons (Fsp3) is 0.667. The molecule has 0 N–H and O–H groups in total. The summed E-state index contributed by atoms with van der Waals surface area (Å²) in [7, 11) is 0. The first-order chi connectivity index (χ1) is 5.88. The van der Waals surface area contributed by atoms with Crippen molar-refractivity contribution >= 4 is 22.9 Å². The second kappa shape index (κ2) is 3.75. The number of rotatable bonds is 3. The Morgan fingerprint density at radius 1 is 1.58 bits per heavy atom. The van der Waals surface area contributed by atoms with E-state index in [4.69, 9.17) is 11.6 Å². The predicted octanol–water partition coefficient (Wildman–Crippen LogP) is 3.22. The highest BCUT2D eigenvalue weighted by atomic mass is 35.5. The van der Waals surface area contributed by atoms with Gasteiger partial charge in [0, 0.05) is 11.8 Å². The van der Waals surface area contributed by atoms with Crippen molar-refractivity contribution in [1.82, 2.24) is 4.98 Å². The Bertz CT molecular complexity index is 255. The number of nitrogens with zero attached hydrogens (tertiary/aromatic N) is 1. The van der Waals surface area contributed by atoms with Gasteiger partial charge in [-0.2, -0.15) is 0 Å². The van der Waals surface area contributed by atoms with E-state index in [1.807, 2.05) is 0 Å². The summed E-state index contributed by atoms with van der Waals surface area (Å²) in [4.78, 5) is 4.44. The van der Waals surface area contributed by atoms with Crippen LogP contribution in [0.25, 0.3) is 0 Å². The number of hydrogen-bond donors (Lipinski definition) is 0. The van der Waals surface area contributed by atoms with Crippen LogP contribution in [0.1, 0.15) is 30.0 Å². The zero-order chi connectivity index (χ0) is 8.39. The molecule has 2 rings (SSSR count). The number of alkyl halides is 1. The summed E-state index contributed by atoms with van der Waals surface area (Å²) in [6.07, 6.45) is 5.39. The molecule has 12 heavy (non-hydrogen) atoms. The molecular formula is C9H12ClNS. The Kier molecular flexibility index (Phi) is 2.66. The van der Waals surface area contributed by atoms with E-state index in [0.717, 1.165) is 11.6 Å². The van der Waals surface area contributed by atoms with Crippen molar-refractivity contribution in [2.75, 3.05) is 0 Å². The molecule has 0 atom stereocenters. The fourth-order valence-corrected chi connectivity index (χ4v) is 2.59. The SMILES string of the molecule is ClCc1csc(CC2CCC2)n1. The maximum absolute atomic E-state index is 5.67. The van der Waals surface area contributed by atoms with Gasteiger partial charge in [-0.05, 0) is 5.92 Å². The first-order valence-corrected chi connectivity index (χ1v) is 5.79. The van der Waals surface area contributed by atoms with Crippen molar-refractivity contribution in [1.29, 1.82) is 0 Å². The van der Waals surface area contributed by atoms with Crippen LogP contribution >= 0.6 is 22.9 Å². The van der Waals surface area contributed by atoms with Gasteiger partial charge in [0.2, 0.25) is 0 Å². The van der Waals surface area contributed by atoms with Gasteiger partial charge in [-0.1, -0.05) is 19.3 Å². The molecule has 1 saturated carbocycles. The van der Waals surface area contributed by atoms with E-state index in [2.05, 4.69) is 10.4 Å². The summed E-state index contributed by atoms with van der Waals surface area (Å²) >= 11 is 7.42. The summed E-state index contributed by atoms with van der Waals surface area (Å²) in [5.41, 5.74) is 1.04. The summed E-state index contributed by atoms with van der Waals surface area (Å²) in [6.45, 7) is 0. The molecule has 0 bridgehead atoms. The standard InChI is InChI=1S/C9H12ClNS/c10-5-8-6-12-9(11-8)4-7-2-1-3-7/h6-7H,1-5H2. The summed E-state index contributed by atoms with van der Waals surface area (Å²) in [5.74, 6) is 1.47. The zero-order valence-electron chi connectivity index (χ0n) is 6.92. The molecule has 0 radical (unpaired) electrons. The van der Waals surface area contributed by atoms with Crippen molar-refractivity contribution in [3.63, 3.8) is 0 Å². The third-order valence-electron chi connectivity index (χ3n) is 2.42. The minimum Gasteiger partial charge on any atom is -0.245 e. The lowest BCUT2D eigenvalue weighted by atomic mass is 9.83. The topological polar surface area (TPSA) is 12.9 Å². The fourth-order valence-electron chi connectivity index (χ4n) is 1.45. The van der Waals surface area contributed by atoms with Crippen LogP contribution in [0.15, 0.2) is 5.38 Å². The molecular weight excluding hydrogens is 190 g/mol. The summed E-state index contributed by atoms with van der Waals surface area (Å²) in [5, 5.41) is 3.34. The second-order valence-corrected chi connectivity index (χ2v) is 4.58. The molecule has 1 fully saturated rings. The van der Waals surface area contributed by atoms with Crippen molar-refractivity contribution < 1.29 is 0 Å². The highest BCUT2D eigenvalue weighted by Crippen LogP contribution is 2.30. The third-order valence-corrected chi connectivity index (χ3v) is 3.62. The Morgan fingerprint density at radius 3 is 2.92 bits per heavy atom. The molecule has 3 heteroatoms. The molecule has 66 valence electrons. The smallest absolute Gasteiger partial charge is 0.0931 e. The van der Waals surface area contributed by atoms with E-state index in [-0.39, 0.29) is 0 Å². The van der Waals surface area contributed by atoms with Gasteiger partial charge in [-0.15, -0.1) is 22.9 Å². The van der Waals surface area contributed by atoms with Crippen molar-refractivity contribution in [3.05, 3.63) is 16.1 Å². The Labute approximate surface area is 81.8 Å². The first-order valence-electron chi connectivity index (χ1n) is 4.37. The van der Waals surface area contributed by atoms with Gasteiger partial charge in [0.1, 0.15) is 0 Å². The lowest BCUT2D eigenvalue weighted by Gasteiger charge is -2.23. The van der Waals surface area contributed by atoms with Crippen LogP contribution in [0.5, 0.6) is 0 Å². The van der Waals surface area contributed by atoms with E-state index in [1.165, 1.54) is 30.7 Å². The zero-order valence-corrected chi connectivity index (χ0v) is 8.50. The van der Waals surface area contributed by atoms with Crippen molar-refractivity contribution in [2.24, 2.45) is 5.92 Å². The molecule has 0 aliphatic heterocycles. The molecule has 1 aromatic heterocycles. The molecule has 1 aromatic rings. The quantitative estimate of drug-likeness (QED) is 0.685. The molecule has 1 aliphatic rings. The van der Waals surface area contributed by atoms with Gasteiger partial charge in [0.05, 0.1) is 16.6 Å². The molecule has 0 spiro atoms. The molecule has 1 nitrogen and oxygen atoms in total. The minimum absolute atomic E-state index is 0.557. The molecule has 0 aromatic carbocycles. The molecule has 0 amide bonds. The van der Waals surface area contributed by atoms with Gasteiger partial charge in [-0.3, -0.25) is 0 Å². The van der Waals surface area contributed by atoms with Crippen LogP contribution in [0.3, 0.4) is 0 Å². The Hall–Kier alpha value is -0.0800. The van der Waals surface area contributed by atoms with E-state index in [1.54, 1.807) is 11.3 Å². The van der Waals surface area contributed by atoms with Gasteiger partial charge in [-0.25, -0.2) is 4.98 Å². The largest absolute Gasteiger partial charge is 0.245 e. The van der Waals surface area contributed by atoms with Crippen LogP contribution in [0, 0.1) is 5.92 Å². The van der Waals surface area contributed by atoms with Crippen LogP contribution in [-0.4, -0.2) is 4.98 Å².